The van der Waals surface area contributed by atoms with Gasteiger partial charge in [-0.15, -0.1) is 0 Å². The predicted molar refractivity (Wildman–Crippen MR) is 105 cm³/mol. The van der Waals surface area contributed by atoms with Crippen molar-refractivity contribution in [1.29, 1.82) is 5.26 Å². The van der Waals surface area contributed by atoms with E-state index in [-0.39, 0.29) is 18.4 Å². The Morgan fingerprint density at radius 3 is 2.48 bits per heavy atom. The van der Waals surface area contributed by atoms with E-state index in [1.807, 2.05) is 4.90 Å². The Bertz CT molecular complexity index is 751. The molecular formula is C19H22Cl2N4O2. The van der Waals surface area contributed by atoms with Crippen LogP contribution in [-0.4, -0.2) is 41.4 Å². The summed E-state index contributed by atoms with van der Waals surface area (Å²) in [4.78, 5) is 27.0. The topological polar surface area (TPSA) is 85.2 Å². The first-order valence-electron chi connectivity index (χ1n) is 9.14. The molecule has 0 aromatic heterocycles. The van der Waals surface area contributed by atoms with Gasteiger partial charge in [0.25, 0.3) is 0 Å². The Morgan fingerprint density at radius 2 is 1.85 bits per heavy atom. The quantitative estimate of drug-likeness (QED) is 0.781. The average Bonchev–Trinajstić information content (AvgIpc) is 3.23. The summed E-state index contributed by atoms with van der Waals surface area (Å²) in [5.41, 5.74) is -0.213. The van der Waals surface area contributed by atoms with E-state index in [4.69, 9.17) is 23.2 Å². The maximum absolute atomic E-state index is 12.7. The van der Waals surface area contributed by atoms with Crippen LogP contribution >= 0.6 is 23.2 Å². The lowest BCUT2D eigenvalue weighted by atomic mass is 10.00. The molecule has 1 unspecified atom stereocenters. The molecule has 1 saturated carbocycles. The summed E-state index contributed by atoms with van der Waals surface area (Å²) < 4.78 is 0. The van der Waals surface area contributed by atoms with E-state index < -0.39 is 11.6 Å². The van der Waals surface area contributed by atoms with Crippen molar-refractivity contribution >= 4 is 40.7 Å². The third-order valence-electron chi connectivity index (χ3n) is 5.19. The van der Waals surface area contributed by atoms with Crippen LogP contribution in [0.25, 0.3) is 0 Å². The third kappa shape index (κ3) is 4.92. The Balaban J connectivity index is 1.60. The minimum absolute atomic E-state index is 0.109. The van der Waals surface area contributed by atoms with Crippen molar-refractivity contribution in [2.75, 3.05) is 18.4 Å². The van der Waals surface area contributed by atoms with Gasteiger partial charge >= 0.3 is 0 Å². The fraction of sp³-hybridized carbons (Fsp3) is 0.526. The fourth-order valence-corrected chi connectivity index (χ4v) is 4.42. The summed E-state index contributed by atoms with van der Waals surface area (Å²) in [6, 6.07) is 6.72. The molecule has 1 heterocycles. The highest BCUT2D eigenvalue weighted by atomic mass is 35.5. The van der Waals surface area contributed by atoms with Gasteiger partial charge in [0.1, 0.15) is 5.54 Å². The smallest absolute Gasteiger partial charge is 0.241 e. The number of anilines is 1. The molecule has 1 aliphatic carbocycles. The summed E-state index contributed by atoms with van der Waals surface area (Å²) >= 11 is 11.9. The molecule has 2 N–H and O–H groups in total. The molecule has 8 heteroatoms. The van der Waals surface area contributed by atoms with Crippen LogP contribution in [0.2, 0.25) is 10.0 Å². The molecule has 27 heavy (non-hydrogen) atoms. The first-order valence-corrected chi connectivity index (χ1v) is 9.90. The van der Waals surface area contributed by atoms with E-state index in [2.05, 4.69) is 16.7 Å². The fourth-order valence-electron chi connectivity index (χ4n) is 3.90. The SMILES string of the molecule is N#CC1(NC(=O)CN2CCCC2C(=O)Nc2cc(Cl)cc(Cl)c2)CCCC1. The molecule has 1 saturated heterocycles. The van der Waals surface area contributed by atoms with Crippen LogP contribution < -0.4 is 10.6 Å². The second-order valence-corrected chi connectivity index (χ2v) is 8.10. The van der Waals surface area contributed by atoms with E-state index in [1.165, 1.54) is 0 Å². The van der Waals surface area contributed by atoms with Crippen LogP contribution in [0.5, 0.6) is 0 Å². The summed E-state index contributed by atoms with van der Waals surface area (Å²) in [6.07, 6.45) is 4.79. The van der Waals surface area contributed by atoms with E-state index in [9.17, 15) is 14.9 Å². The molecule has 144 valence electrons. The summed E-state index contributed by atoms with van der Waals surface area (Å²) in [5.74, 6) is -0.390. The number of nitrogens with zero attached hydrogens (tertiary/aromatic N) is 2. The largest absolute Gasteiger partial charge is 0.337 e. The van der Waals surface area contributed by atoms with Crippen LogP contribution in [-0.2, 0) is 9.59 Å². The number of rotatable bonds is 5. The number of likely N-dealkylation sites (tertiary alicyclic amines) is 1. The van der Waals surface area contributed by atoms with Crippen molar-refractivity contribution in [3.8, 4) is 6.07 Å². The Labute approximate surface area is 168 Å². The molecule has 2 aliphatic rings. The highest BCUT2D eigenvalue weighted by Gasteiger charge is 2.37. The van der Waals surface area contributed by atoms with Crippen molar-refractivity contribution < 1.29 is 9.59 Å². The number of nitriles is 1. The zero-order valence-corrected chi connectivity index (χ0v) is 16.4. The first kappa shape index (κ1) is 19.9. The Morgan fingerprint density at radius 1 is 1.19 bits per heavy atom. The molecule has 1 aromatic carbocycles. The lowest BCUT2D eigenvalue weighted by Gasteiger charge is -2.26. The molecule has 2 amide bonds. The Kier molecular flexibility index (Phi) is 6.25. The Hall–Kier alpha value is -1.81. The van der Waals surface area contributed by atoms with Gasteiger partial charge in [0.2, 0.25) is 11.8 Å². The van der Waals surface area contributed by atoms with Gasteiger partial charge < -0.3 is 10.6 Å². The highest BCUT2D eigenvalue weighted by Crippen LogP contribution is 2.29. The number of nitrogens with one attached hydrogen (secondary N) is 2. The molecule has 1 aliphatic heterocycles. The normalized spacial score (nSPS) is 21.6. The highest BCUT2D eigenvalue weighted by molar-refractivity contribution is 6.35. The summed E-state index contributed by atoms with van der Waals surface area (Å²) in [7, 11) is 0. The molecule has 1 aromatic rings. The number of amides is 2. The number of benzene rings is 1. The lowest BCUT2D eigenvalue weighted by Crippen LogP contribution is -2.51. The minimum Gasteiger partial charge on any atom is -0.337 e. The summed E-state index contributed by atoms with van der Waals surface area (Å²) in [5, 5.41) is 16.0. The number of halogens is 2. The molecule has 2 fully saturated rings. The van der Waals surface area contributed by atoms with Gasteiger partial charge in [0.05, 0.1) is 18.7 Å². The first-order chi connectivity index (χ1) is 12.9. The lowest BCUT2D eigenvalue weighted by molar-refractivity contribution is -0.125. The van der Waals surface area contributed by atoms with E-state index in [0.717, 1.165) is 19.3 Å². The van der Waals surface area contributed by atoms with Crippen molar-refractivity contribution in [2.45, 2.75) is 50.1 Å². The van der Waals surface area contributed by atoms with Crippen LogP contribution in [0.3, 0.4) is 0 Å². The molecule has 3 rings (SSSR count). The van der Waals surface area contributed by atoms with Crippen molar-refractivity contribution in [1.82, 2.24) is 10.2 Å². The van der Waals surface area contributed by atoms with E-state index in [0.29, 0.717) is 41.5 Å². The zero-order valence-electron chi connectivity index (χ0n) is 14.9. The number of hydrogen-bond acceptors (Lipinski definition) is 4. The number of carbonyl (C=O) groups excluding carboxylic acids is 2. The van der Waals surface area contributed by atoms with Crippen LogP contribution in [0, 0.1) is 11.3 Å². The van der Waals surface area contributed by atoms with Crippen LogP contribution in [0.4, 0.5) is 5.69 Å². The van der Waals surface area contributed by atoms with Crippen molar-refractivity contribution in [3.63, 3.8) is 0 Å². The van der Waals surface area contributed by atoms with Gasteiger partial charge in [-0.05, 0) is 63.3 Å². The van der Waals surface area contributed by atoms with Crippen molar-refractivity contribution in [2.24, 2.45) is 0 Å². The molecule has 0 spiro atoms. The average molecular weight is 409 g/mol. The number of hydrogen-bond donors (Lipinski definition) is 2. The van der Waals surface area contributed by atoms with Gasteiger partial charge in [-0.25, -0.2) is 0 Å². The van der Waals surface area contributed by atoms with Gasteiger partial charge in [-0.3, -0.25) is 14.5 Å². The standard InChI is InChI=1S/C19H22Cl2N4O2/c20-13-8-14(21)10-15(9-13)23-18(27)16-4-3-7-25(16)11-17(26)24-19(12-22)5-1-2-6-19/h8-10,16H,1-7,11H2,(H,23,27)(H,24,26). The maximum Gasteiger partial charge on any atom is 0.241 e. The third-order valence-corrected chi connectivity index (χ3v) is 5.63. The molecule has 6 nitrogen and oxygen atoms in total. The van der Waals surface area contributed by atoms with Gasteiger partial charge in [0, 0.05) is 15.7 Å². The monoisotopic (exact) mass is 408 g/mol. The molecule has 0 bridgehead atoms. The second-order valence-electron chi connectivity index (χ2n) is 7.23. The van der Waals surface area contributed by atoms with Crippen LogP contribution in [0.15, 0.2) is 18.2 Å². The second kappa shape index (κ2) is 8.47. The van der Waals surface area contributed by atoms with Gasteiger partial charge in [-0.2, -0.15) is 5.26 Å². The van der Waals surface area contributed by atoms with E-state index >= 15 is 0 Å². The van der Waals surface area contributed by atoms with E-state index in [1.54, 1.807) is 18.2 Å². The zero-order chi connectivity index (χ0) is 19.4. The molecule has 1 atom stereocenters. The summed E-state index contributed by atoms with van der Waals surface area (Å²) in [6.45, 7) is 0.777. The van der Waals surface area contributed by atoms with Crippen LogP contribution in [0.1, 0.15) is 38.5 Å². The minimum atomic E-state index is -0.744. The predicted octanol–water partition coefficient (Wildman–Crippen LogP) is 3.35. The van der Waals surface area contributed by atoms with Crippen molar-refractivity contribution in [3.05, 3.63) is 28.2 Å². The molecule has 0 radical (unpaired) electrons. The maximum atomic E-state index is 12.7. The molecular weight excluding hydrogens is 387 g/mol. The number of carbonyl (C=O) groups is 2. The van der Waals surface area contributed by atoms with Gasteiger partial charge in [0.15, 0.2) is 0 Å². The van der Waals surface area contributed by atoms with Gasteiger partial charge in [-0.1, -0.05) is 23.2 Å².